The van der Waals surface area contributed by atoms with Crippen molar-refractivity contribution in [2.45, 2.75) is 31.6 Å². The molecule has 21 heavy (non-hydrogen) atoms. The van der Waals surface area contributed by atoms with E-state index in [9.17, 15) is 8.42 Å². The third kappa shape index (κ3) is 4.53. The van der Waals surface area contributed by atoms with Gasteiger partial charge in [0, 0.05) is 12.6 Å². The van der Waals surface area contributed by atoms with Gasteiger partial charge in [-0.15, -0.1) is 0 Å². The van der Waals surface area contributed by atoms with E-state index in [4.69, 9.17) is 5.26 Å². The van der Waals surface area contributed by atoms with Gasteiger partial charge in [-0.3, -0.25) is 4.90 Å². The van der Waals surface area contributed by atoms with Crippen LogP contribution in [-0.4, -0.2) is 39.0 Å². The predicted octanol–water partition coefficient (Wildman–Crippen LogP) is 1.46. The maximum atomic E-state index is 12.1. The smallest absolute Gasteiger partial charge is 0.215 e. The van der Waals surface area contributed by atoms with E-state index in [1.165, 1.54) is 12.8 Å². The van der Waals surface area contributed by atoms with Gasteiger partial charge in [-0.2, -0.15) is 5.26 Å². The maximum Gasteiger partial charge on any atom is 0.215 e. The number of sulfonamides is 1. The second-order valence-electron chi connectivity index (χ2n) is 5.47. The van der Waals surface area contributed by atoms with Crippen LogP contribution in [0.4, 0.5) is 0 Å². The molecular weight excluding hydrogens is 286 g/mol. The van der Waals surface area contributed by atoms with Gasteiger partial charge in [0.05, 0.1) is 17.4 Å². The maximum absolute atomic E-state index is 12.1. The third-order valence-corrected chi connectivity index (χ3v) is 5.14. The second kappa shape index (κ2) is 7.03. The van der Waals surface area contributed by atoms with Crippen LogP contribution in [-0.2, 0) is 15.8 Å². The molecule has 1 saturated heterocycles. The number of nitrogens with zero attached hydrogens (tertiary/aromatic N) is 2. The standard InChI is InChI=1S/C15H21N3O2S/c1-13(18-8-4-5-9-18)11-17-21(19,20)12-15-7-3-2-6-14(15)10-16/h2-3,6-7,13,17H,4-5,8-9,11-12H2,1H3. The Morgan fingerprint density at radius 1 is 1.33 bits per heavy atom. The third-order valence-electron chi connectivity index (χ3n) is 3.85. The van der Waals surface area contributed by atoms with Crippen LogP contribution in [0.25, 0.3) is 0 Å². The normalized spacial score (nSPS) is 17.5. The zero-order valence-corrected chi connectivity index (χ0v) is 13.1. The van der Waals surface area contributed by atoms with Gasteiger partial charge < -0.3 is 0 Å². The van der Waals surface area contributed by atoms with Crippen molar-refractivity contribution >= 4 is 10.0 Å². The van der Waals surface area contributed by atoms with Gasteiger partial charge in [0.2, 0.25) is 10.0 Å². The Balaban J connectivity index is 1.94. The molecule has 0 aliphatic carbocycles. The summed E-state index contributed by atoms with van der Waals surface area (Å²) >= 11 is 0. The van der Waals surface area contributed by atoms with E-state index in [0.29, 0.717) is 17.7 Å². The first-order chi connectivity index (χ1) is 10.0. The molecular formula is C15H21N3O2S. The van der Waals surface area contributed by atoms with Crippen molar-refractivity contribution in [1.82, 2.24) is 9.62 Å². The fourth-order valence-corrected chi connectivity index (χ4v) is 3.83. The number of hydrogen-bond acceptors (Lipinski definition) is 4. The van der Waals surface area contributed by atoms with Crippen LogP contribution in [0, 0.1) is 11.3 Å². The lowest BCUT2D eigenvalue weighted by atomic mass is 10.1. The lowest BCUT2D eigenvalue weighted by molar-refractivity contribution is 0.260. The summed E-state index contributed by atoms with van der Waals surface area (Å²) < 4.78 is 27.0. The van der Waals surface area contributed by atoms with Crippen LogP contribution in [0.2, 0.25) is 0 Å². The molecule has 1 atom stereocenters. The van der Waals surface area contributed by atoms with Crippen molar-refractivity contribution in [3.05, 3.63) is 35.4 Å². The first-order valence-electron chi connectivity index (χ1n) is 7.21. The largest absolute Gasteiger partial charge is 0.299 e. The average Bonchev–Trinajstić information content (AvgIpc) is 2.99. The number of likely N-dealkylation sites (tertiary alicyclic amines) is 1. The molecule has 0 amide bonds. The van der Waals surface area contributed by atoms with Gasteiger partial charge in [0.25, 0.3) is 0 Å². The zero-order chi connectivity index (χ0) is 15.3. The van der Waals surface area contributed by atoms with E-state index in [1.807, 2.05) is 13.0 Å². The minimum Gasteiger partial charge on any atom is -0.299 e. The molecule has 1 aliphatic rings. The van der Waals surface area contributed by atoms with E-state index in [1.54, 1.807) is 24.3 Å². The summed E-state index contributed by atoms with van der Waals surface area (Å²) in [5, 5.41) is 9.01. The summed E-state index contributed by atoms with van der Waals surface area (Å²) in [5.74, 6) is -0.149. The van der Waals surface area contributed by atoms with Crippen molar-refractivity contribution < 1.29 is 8.42 Å². The van der Waals surface area contributed by atoms with Gasteiger partial charge in [-0.1, -0.05) is 18.2 Å². The van der Waals surface area contributed by atoms with E-state index >= 15 is 0 Å². The SMILES string of the molecule is CC(CNS(=O)(=O)Cc1ccccc1C#N)N1CCCC1. The van der Waals surface area contributed by atoms with Crippen molar-refractivity contribution in [2.24, 2.45) is 0 Å². The van der Waals surface area contributed by atoms with Crippen LogP contribution in [0.5, 0.6) is 0 Å². The number of benzene rings is 1. The lowest BCUT2D eigenvalue weighted by Gasteiger charge is -2.23. The van der Waals surface area contributed by atoms with Crippen LogP contribution < -0.4 is 4.72 Å². The fraction of sp³-hybridized carbons (Fsp3) is 0.533. The highest BCUT2D eigenvalue weighted by Crippen LogP contribution is 2.13. The topological polar surface area (TPSA) is 73.2 Å². The van der Waals surface area contributed by atoms with Crippen molar-refractivity contribution in [2.75, 3.05) is 19.6 Å². The summed E-state index contributed by atoms with van der Waals surface area (Å²) in [6, 6.07) is 9.03. The summed E-state index contributed by atoms with van der Waals surface area (Å²) in [5.41, 5.74) is 0.955. The Labute approximate surface area is 126 Å². The quantitative estimate of drug-likeness (QED) is 0.863. The minimum atomic E-state index is -3.42. The molecule has 6 heteroatoms. The average molecular weight is 307 g/mol. The molecule has 1 aliphatic heterocycles. The van der Waals surface area contributed by atoms with Crippen LogP contribution >= 0.6 is 0 Å². The van der Waals surface area contributed by atoms with E-state index in [0.717, 1.165) is 13.1 Å². The Kier molecular flexibility index (Phi) is 5.34. The van der Waals surface area contributed by atoms with Crippen molar-refractivity contribution in [3.63, 3.8) is 0 Å². The molecule has 1 aromatic carbocycles. The van der Waals surface area contributed by atoms with E-state index in [2.05, 4.69) is 9.62 Å². The Bertz CT molecular complexity index is 616. The molecule has 0 spiro atoms. The summed E-state index contributed by atoms with van der Waals surface area (Å²) in [7, 11) is -3.42. The fourth-order valence-electron chi connectivity index (χ4n) is 2.57. The Hall–Kier alpha value is -1.42. The zero-order valence-electron chi connectivity index (χ0n) is 12.2. The molecule has 0 saturated carbocycles. The first-order valence-corrected chi connectivity index (χ1v) is 8.86. The molecule has 1 heterocycles. The molecule has 0 bridgehead atoms. The highest BCUT2D eigenvalue weighted by atomic mass is 32.2. The van der Waals surface area contributed by atoms with Gasteiger partial charge in [-0.25, -0.2) is 13.1 Å². The van der Waals surface area contributed by atoms with Crippen LogP contribution in [0.15, 0.2) is 24.3 Å². The highest BCUT2D eigenvalue weighted by molar-refractivity contribution is 7.88. The number of hydrogen-bond donors (Lipinski definition) is 1. The molecule has 1 aromatic rings. The molecule has 1 unspecified atom stereocenters. The number of nitrogens with one attached hydrogen (secondary N) is 1. The number of nitriles is 1. The second-order valence-corrected chi connectivity index (χ2v) is 7.28. The van der Waals surface area contributed by atoms with Crippen molar-refractivity contribution in [1.29, 1.82) is 5.26 Å². The van der Waals surface area contributed by atoms with E-state index in [-0.39, 0.29) is 11.8 Å². The Morgan fingerprint density at radius 2 is 2.00 bits per heavy atom. The van der Waals surface area contributed by atoms with Gasteiger partial charge in [-0.05, 0) is 44.5 Å². The minimum absolute atomic E-state index is 0.149. The lowest BCUT2D eigenvalue weighted by Crippen LogP contribution is -2.41. The van der Waals surface area contributed by atoms with Crippen molar-refractivity contribution in [3.8, 4) is 6.07 Å². The predicted molar refractivity (Wildman–Crippen MR) is 82.1 cm³/mol. The van der Waals surface area contributed by atoms with E-state index < -0.39 is 10.0 Å². The summed E-state index contributed by atoms with van der Waals surface area (Å²) in [6.07, 6.45) is 2.37. The van der Waals surface area contributed by atoms with Gasteiger partial charge >= 0.3 is 0 Å². The van der Waals surface area contributed by atoms with Gasteiger partial charge in [0.1, 0.15) is 0 Å². The molecule has 5 nitrogen and oxygen atoms in total. The molecule has 0 aromatic heterocycles. The molecule has 114 valence electrons. The highest BCUT2D eigenvalue weighted by Gasteiger charge is 2.20. The molecule has 1 N–H and O–H groups in total. The van der Waals surface area contributed by atoms with Gasteiger partial charge in [0.15, 0.2) is 0 Å². The monoisotopic (exact) mass is 307 g/mol. The first kappa shape index (κ1) is 16.0. The van der Waals surface area contributed by atoms with Crippen LogP contribution in [0.3, 0.4) is 0 Å². The molecule has 1 fully saturated rings. The molecule has 0 radical (unpaired) electrons. The summed E-state index contributed by atoms with van der Waals surface area (Å²) in [4.78, 5) is 2.30. The molecule has 2 rings (SSSR count). The summed E-state index contributed by atoms with van der Waals surface area (Å²) in [6.45, 7) is 4.54. The van der Waals surface area contributed by atoms with Crippen LogP contribution in [0.1, 0.15) is 30.9 Å². The number of rotatable bonds is 6. The Morgan fingerprint density at radius 3 is 2.67 bits per heavy atom.